The third-order valence-electron chi connectivity index (χ3n) is 3.91. The summed E-state index contributed by atoms with van der Waals surface area (Å²) in [6.45, 7) is 6.37. The van der Waals surface area contributed by atoms with Crippen molar-refractivity contribution >= 4 is 11.9 Å². The number of hydrogen-bond acceptors (Lipinski definition) is 3. The smallest absolute Gasteiger partial charge is 0.341 e. The number of carboxylic acid groups (broad SMARTS) is 1. The summed E-state index contributed by atoms with van der Waals surface area (Å²) in [6, 6.07) is 7.23. The van der Waals surface area contributed by atoms with Gasteiger partial charge < -0.3 is 15.2 Å². The molecule has 2 atom stereocenters. The molecule has 0 radical (unpaired) electrons. The molecule has 2 N–H and O–H groups in total. The van der Waals surface area contributed by atoms with Crippen LogP contribution in [0.3, 0.4) is 0 Å². The monoisotopic (exact) mass is 307 g/mol. The topological polar surface area (TPSA) is 75.6 Å². The predicted molar refractivity (Wildman–Crippen MR) is 84.9 cm³/mol. The van der Waals surface area contributed by atoms with Crippen molar-refractivity contribution in [1.29, 1.82) is 0 Å². The molecule has 0 fully saturated rings. The van der Waals surface area contributed by atoms with Gasteiger partial charge in [0.2, 0.25) is 5.91 Å². The molecule has 5 heteroatoms. The Kier molecular flexibility index (Phi) is 7.43. The van der Waals surface area contributed by atoms with E-state index in [9.17, 15) is 9.59 Å². The van der Waals surface area contributed by atoms with Crippen LogP contribution in [0.5, 0.6) is 5.75 Å². The minimum Gasteiger partial charge on any atom is -0.482 e. The maximum Gasteiger partial charge on any atom is 0.341 e. The number of carbonyl (C=O) groups excluding carboxylic acids is 1. The molecule has 0 saturated heterocycles. The van der Waals surface area contributed by atoms with Gasteiger partial charge in [-0.2, -0.15) is 0 Å². The Labute approximate surface area is 131 Å². The van der Waals surface area contributed by atoms with Crippen LogP contribution < -0.4 is 10.1 Å². The summed E-state index contributed by atoms with van der Waals surface area (Å²) in [5, 5.41) is 11.5. The third-order valence-corrected chi connectivity index (χ3v) is 3.91. The highest BCUT2D eigenvalue weighted by Gasteiger charge is 2.17. The van der Waals surface area contributed by atoms with E-state index in [4.69, 9.17) is 9.84 Å². The fourth-order valence-electron chi connectivity index (χ4n) is 2.00. The highest BCUT2D eigenvalue weighted by Crippen LogP contribution is 2.15. The molecule has 0 aliphatic rings. The van der Waals surface area contributed by atoms with Crippen LogP contribution in [-0.4, -0.2) is 30.1 Å². The molecule has 0 aliphatic carbocycles. The van der Waals surface area contributed by atoms with E-state index < -0.39 is 5.97 Å². The number of hydrogen-bond donors (Lipinski definition) is 2. The molecule has 0 aromatic heterocycles. The Hall–Kier alpha value is -2.04. The highest BCUT2D eigenvalue weighted by atomic mass is 16.5. The molecule has 0 aliphatic heterocycles. The number of nitrogens with one attached hydrogen (secondary N) is 1. The van der Waals surface area contributed by atoms with E-state index in [0.29, 0.717) is 18.2 Å². The first-order valence-corrected chi connectivity index (χ1v) is 7.65. The van der Waals surface area contributed by atoms with E-state index in [2.05, 4.69) is 19.2 Å². The normalized spacial score (nSPS) is 13.2. The van der Waals surface area contributed by atoms with Crippen LogP contribution in [0, 0.1) is 11.8 Å². The second-order valence-corrected chi connectivity index (χ2v) is 5.54. The first-order chi connectivity index (χ1) is 10.4. The lowest BCUT2D eigenvalue weighted by Crippen LogP contribution is -2.33. The summed E-state index contributed by atoms with van der Waals surface area (Å²) < 4.78 is 5.07. The Morgan fingerprint density at radius 1 is 1.23 bits per heavy atom. The number of rotatable bonds is 9. The summed E-state index contributed by atoms with van der Waals surface area (Å²) >= 11 is 0. The molecule has 1 aromatic rings. The van der Waals surface area contributed by atoms with Gasteiger partial charge in [-0.15, -0.1) is 0 Å². The van der Waals surface area contributed by atoms with Crippen molar-refractivity contribution in [1.82, 2.24) is 5.32 Å². The van der Waals surface area contributed by atoms with Crippen LogP contribution in [0.2, 0.25) is 0 Å². The first-order valence-electron chi connectivity index (χ1n) is 7.65. The lowest BCUT2D eigenvalue weighted by molar-refractivity contribution is -0.139. The minimum atomic E-state index is -0.998. The number of carboxylic acids is 1. The van der Waals surface area contributed by atoms with Crippen molar-refractivity contribution in [2.24, 2.45) is 11.8 Å². The summed E-state index contributed by atoms with van der Waals surface area (Å²) in [5.74, 6) is 0.0287. The summed E-state index contributed by atoms with van der Waals surface area (Å²) in [4.78, 5) is 22.4. The van der Waals surface area contributed by atoms with Crippen LogP contribution in [0.15, 0.2) is 24.3 Å². The van der Waals surface area contributed by atoms with Gasteiger partial charge in [-0.3, -0.25) is 4.79 Å². The number of amides is 1. The van der Waals surface area contributed by atoms with Gasteiger partial charge in [0.05, 0.1) is 0 Å². The Morgan fingerprint density at radius 3 is 2.41 bits per heavy atom. The summed E-state index contributed by atoms with van der Waals surface area (Å²) in [7, 11) is 0. The highest BCUT2D eigenvalue weighted by molar-refractivity contribution is 5.78. The average molecular weight is 307 g/mol. The van der Waals surface area contributed by atoms with Crippen LogP contribution >= 0.6 is 0 Å². The standard InChI is InChI=1S/C17H25NO4/c1-4-12(2)13(3)17(21)18-10-9-14-5-7-15(8-6-14)22-11-16(19)20/h5-8,12-13H,4,9-11H2,1-3H3,(H,18,21)(H,19,20). The lowest BCUT2D eigenvalue weighted by Gasteiger charge is -2.17. The molecule has 0 saturated carbocycles. The number of benzene rings is 1. The van der Waals surface area contributed by atoms with E-state index in [-0.39, 0.29) is 18.4 Å². The first kappa shape index (κ1) is 18.0. The molecule has 2 unspecified atom stereocenters. The van der Waals surface area contributed by atoms with Crippen LogP contribution in [0.4, 0.5) is 0 Å². The largest absolute Gasteiger partial charge is 0.482 e. The van der Waals surface area contributed by atoms with Crippen LogP contribution in [0.25, 0.3) is 0 Å². The van der Waals surface area contributed by atoms with Gasteiger partial charge in [0.1, 0.15) is 5.75 Å². The molecule has 0 spiro atoms. The van der Waals surface area contributed by atoms with E-state index in [1.54, 1.807) is 12.1 Å². The van der Waals surface area contributed by atoms with Crippen molar-refractivity contribution in [2.45, 2.75) is 33.6 Å². The Morgan fingerprint density at radius 2 is 1.86 bits per heavy atom. The van der Waals surface area contributed by atoms with Crippen molar-refractivity contribution in [3.8, 4) is 5.75 Å². The molecule has 1 aromatic carbocycles. The molecular weight excluding hydrogens is 282 g/mol. The van der Waals surface area contributed by atoms with Crippen molar-refractivity contribution in [3.05, 3.63) is 29.8 Å². The van der Waals surface area contributed by atoms with Gasteiger partial charge in [0.15, 0.2) is 6.61 Å². The fourth-order valence-corrected chi connectivity index (χ4v) is 2.00. The maximum atomic E-state index is 12.0. The predicted octanol–water partition coefficient (Wildman–Crippen LogP) is 2.49. The molecule has 122 valence electrons. The summed E-state index contributed by atoms with van der Waals surface area (Å²) in [6.07, 6.45) is 1.73. The SMILES string of the molecule is CCC(C)C(C)C(=O)NCCc1ccc(OCC(=O)O)cc1. The second-order valence-electron chi connectivity index (χ2n) is 5.54. The molecule has 1 amide bonds. The quantitative estimate of drug-likeness (QED) is 0.735. The van der Waals surface area contributed by atoms with E-state index in [1.165, 1.54) is 0 Å². The molecule has 22 heavy (non-hydrogen) atoms. The van der Waals surface area contributed by atoms with Crippen molar-refractivity contribution in [2.75, 3.05) is 13.2 Å². The lowest BCUT2D eigenvalue weighted by atomic mass is 9.93. The van der Waals surface area contributed by atoms with E-state index in [0.717, 1.165) is 18.4 Å². The van der Waals surface area contributed by atoms with Gasteiger partial charge in [0, 0.05) is 12.5 Å². The van der Waals surface area contributed by atoms with Gasteiger partial charge >= 0.3 is 5.97 Å². The van der Waals surface area contributed by atoms with Crippen molar-refractivity contribution < 1.29 is 19.4 Å². The summed E-state index contributed by atoms with van der Waals surface area (Å²) in [5.41, 5.74) is 1.07. The zero-order valence-corrected chi connectivity index (χ0v) is 13.5. The Bertz CT molecular complexity index is 484. The number of carbonyl (C=O) groups is 2. The molecule has 1 rings (SSSR count). The minimum absolute atomic E-state index is 0.0248. The van der Waals surface area contributed by atoms with E-state index in [1.807, 2.05) is 19.1 Å². The number of ether oxygens (including phenoxy) is 1. The van der Waals surface area contributed by atoms with Crippen LogP contribution in [-0.2, 0) is 16.0 Å². The van der Waals surface area contributed by atoms with Gasteiger partial charge in [-0.25, -0.2) is 4.79 Å². The molecule has 0 bridgehead atoms. The average Bonchev–Trinajstić information content (AvgIpc) is 2.52. The molecule has 0 heterocycles. The zero-order chi connectivity index (χ0) is 16.5. The second kappa shape index (κ2) is 9.07. The van der Waals surface area contributed by atoms with Gasteiger partial charge in [-0.1, -0.05) is 39.3 Å². The molecular formula is C17H25NO4. The van der Waals surface area contributed by atoms with Gasteiger partial charge in [0.25, 0.3) is 0 Å². The zero-order valence-electron chi connectivity index (χ0n) is 13.5. The van der Waals surface area contributed by atoms with Gasteiger partial charge in [-0.05, 0) is 30.0 Å². The number of aliphatic carboxylic acids is 1. The van der Waals surface area contributed by atoms with Crippen LogP contribution in [0.1, 0.15) is 32.8 Å². The third kappa shape index (κ3) is 6.16. The Balaban J connectivity index is 2.36. The van der Waals surface area contributed by atoms with Crippen molar-refractivity contribution in [3.63, 3.8) is 0 Å². The fraction of sp³-hybridized carbons (Fsp3) is 0.529. The maximum absolute atomic E-state index is 12.0. The van der Waals surface area contributed by atoms with E-state index >= 15 is 0 Å². The molecule has 5 nitrogen and oxygen atoms in total.